The molecule has 1 rings (SSSR count). The minimum atomic E-state index is -4.24. The normalized spacial score (nSPS) is 26.7. The monoisotopic (exact) mass is 282 g/mol. The van der Waals surface area contributed by atoms with E-state index in [9.17, 15) is 13.2 Å². The maximum atomic E-state index is 12.0. The Labute approximate surface area is 113 Å². The van der Waals surface area contributed by atoms with Gasteiger partial charge in [-0.2, -0.15) is 13.2 Å². The molecule has 6 heteroatoms. The number of halogens is 3. The molecule has 0 saturated carbocycles. The molecule has 1 aliphatic heterocycles. The van der Waals surface area contributed by atoms with Crippen LogP contribution < -0.4 is 5.32 Å². The van der Waals surface area contributed by atoms with Crippen molar-refractivity contribution in [1.82, 2.24) is 10.2 Å². The Morgan fingerprint density at radius 1 is 1.26 bits per heavy atom. The maximum absolute atomic E-state index is 12.0. The van der Waals surface area contributed by atoms with E-state index in [0.717, 1.165) is 13.1 Å². The molecule has 0 amide bonds. The highest BCUT2D eigenvalue weighted by atomic mass is 19.4. The van der Waals surface area contributed by atoms with Crippen LogP contribution in [0.5, 0.6) is 0 Å². The molecule has 0 aromatic carbocycles. The Kier molecular flexibility index (Phi) is 5.65. The lowest BCUT2D eigenvalue weighted by Crippen LogP contribution is -2.60. The molecule has 1 N–H and O–H groups in total. The van der Waals surface area contributed by atoms with Crippen molar-refractivity contribution in [3.05, 3.63) is 0 Å². The highest BCUT2D eigenvalue weighted by Gasteiger charge is 2.34. The van der Waals surface area contributed by atoms with Gasteiger partial charge in [-0.05, 0) is 12.3 Å². The molecule has 0 spiro atoms. The highest BCUT2D eigenvalue weighted by Crippen LogP contribution is 2.26. The number of alkyl halides is 3. The van der Waals surface area contributed by atoms with E-state index in [0.29, 0.717) is 18.6 Å². The zero-order valence-corrected chi connectivity index (χ0v) is 12.2. The van der Waals surface area contributed by atoms with Gasteiger partial charge in [0.15, 0.2) is 0 Å². The second-order valence-electron chi connectivity index (χ2n) is 6.35. The molecule has 19 heavy (non-hydrogen) atoms. The van der Waals surface area contributed by atoms with E-state index in [1.54, 1.807) is 0 Å². The molecule has 0 bridgehead atoms. The molecule has 2 atom stereocenters. The average Bonchev–Trinajstić information content (AvgIpc) is 2.21. The predicted octanol–water partition coefficient (Wildman–Crippen LogP) is 2.27. The Morgan fingerprint density at radius 3 is 2.42 bits per heavy atom. The van der Waals surface area contributed by atoms with Crippen LogP contribution in [0.4, 0.5) is 13.2 Å². The van der Waals surface area contributed by atoms with Crippen molar-refractivity contribution in [2.24, 2.45) is 5.41 Å². The number of hydrogen-bond acceptors (Lipinski definition) is 3. The molecule has 3 nitrogen and oxygen atoms in total. The lowest BCUT2D eigenvalue weighted by atomic mass is 9.84. The number of nitrogens with zero attached hydrogens (tertiary/aromatic N) is 1. The van der Waals surface area contributed by atoms with Crippen LogP contribution in [0.2, 0.25) is 0 Å². The van der Waals surface area contributed by atoms with Gasteiger partial charge < -0.3 is 10.1 Å². The molecule has 1 aliphatic rings. The SMILES string of the molecule is CC1CN(CCOCC(F)(F)F)C(C(C)(C)C)CN1. The van der Waals surface area contributed by atoms with Gasteiger partial charge >= 0.3 is 6.18 Å². The molecule has 1 heterocycles. The van der Waals surface area contributed by atoms with Crippen LogP contribution in [-0.2, 0) is 4.74 Å². The first-order valence-corrected chi connectivity index (χ1v) is 6.71. The van der Waals surface area contributed by atoms with Gasteiger partial charge in [0, 0.05) is 31.7 Å². The topological polar surface area (TPSA) is 24.5 Å². The summed E-state index contributed by atoms with van der Waals surface area (Å²) in [6.45, 7) is 9.76. The Balaban J connectivity index is 2.43. The fourth-order valence-electron chi connectivity index (χ4n) is 2.46. The minimum absolute atomic E-state index is 0.0944. The van der Waals surface area contributed by atoms with Crippen LogP contribution >= 0.6 is 0 Å². The first-order valence-electron chi connectivity index (χ1n) is 6.71. The summed E-state index contributed by atoms with van der Waals surface area (Å²) in [6.07, 6.45) is -4.24. The molecule has 114 valence electrons. The van der Waals surface area contributed by atoms with Gasteiger partial charge in [-0.15, -0.1) is 0 Å². The minimum Gasteiger partial charge on any atom is -0.371 e. The lowest BCUT2D eigenvalue weighted by Gasteiger charge is -2.45. The summed E-state index contributed by atoms with van der Waals surface area (Å²) in [4.78, 5) is 2.23. The largest absolute Gasteiger partial charge is 0.411 e. The summed E-state index contributed by atoms with van der Waals surface area (Å²) >= 11 is 0. The Bertz CT molecular complexity index is 276. The molecule has 0 aliphatic carbocycles. The number of ether oxygens (including phenoxy) is 1. The van der Waals surface area contributed by atoms with Gasteiger partial charge in [0.1, 0.15) is 6.61 Å². The molecule has 1 saturated heterocycles. The van der Waals surface area contributed by atoms with Gasteiger partial charge in [-0.1, -0.05) is 20.8 Å². The molecule has 0 radical (unpaired) electrons. The van der Waals surface area contributed by atoms with E-state index in [2.05, 4.69) is 37.9 Å². The van der Waals surface area contributed by atoms with Crippen molar-refractivity contribution in [2.45, 2.75) is 46.0 Å². The van der Waals surface area contributed by atoms with E-state index in [1.165, 1.54) is 0 Å². The van der Waals surface area contributed by atoms with Gasteiger partial charge in [0.25, 0.3) is 0 Å². The summed E-state index contributed by atoms with van der Waals surface area (Å²) in [7, 11) is 0. The third-order valence-electron chi connectivity index (χ3n) is 3.40. The van der Waals surface area contributed by atoms with Crippen LogP contribution in [0, 0.1) is 5.41 Å². The third kappa shape index (κ3) is 6.10. The number of nitrogens with one attached hydrogen (secondary N) is 1. The van der Waals surface area contributed by atoms with Crippen molar-refractivity contribution in [3.8, 4) is 0 Å². The summed E-state index contributed by atoms with van der Waals surface area (Å²) in [5.74, 6) is 0. The Morgan fingerprint density at radius 2 is 1.89 bits per heavy atom. The van der Waals surface area contributed by atoms with E-state index < -0.39 is 12.8 Å². The van der Waals surface area contributed by atoms with Crippen molar-refractivity contribution >= 4 is 0 Å². The van der Waals surface area contributed by atoms with E-state index >= 15 is 0 Å². The standard InChI is InChI=1S/C13H25F3N2O/c1-10-8-18(5-6-19-9-13(14,15)16)11(7-17-10)12(2,3)4/h10-11,17H,5-9H2,1-4H3. The predicted molar refractivity (Wildman–Crippen MR) is 69.2 cm³/mol. The second-order valence-corrected chi connectivity index (χ2v) is 6.35. The van der Waals surface area contributed by atoms with Crippen LogP contribution in [0.25, 0.3) is 0 Å². The van der Waals surface area contributed by atoms with Crippen LogP contribution in [0.3, 0.4) is 0 Å². The van der Waals surface area contributed by atoms with Crippen LogP contribution in [0.1, 0.15) is 27.7 Å². The van der Waals surface area contributed by atoms with Gasteiger partial charge in [0.05, 0.1) is 6.61 Å². The van der Waals surface area contributed by atoms with Crippen LogP contribution in [0.15, 0.2) is 0 Å². The summed E-state index contributed by atoms with van der Waals surface area (Å²) in [5.41, 5.74) is 0.0944. The highest BCUT2D eigenvalue weighted by molar-refractivity contribution is 4.91. The molecule has 2 unspecified atom stereocenters. The quantitative estimate of drug-likeness (QED) is 0.801. The number of rotatable bonds is 4. The second kappa shape index (κ2) is 6.41. The first-order chi connectivity index (χ1) is 8.59. The molecule has 1 fully saturated rings. The summed E-state index contributed by atoms with van der Waals surface area (Å²) < 4.78 is 40.7. The lowest BCUT2D eigenvalue weighted by molar-refractivity contribution is -0.175. The summed E-state index contributed by atoms with van der Waals surface area (Å²) in [5, 5.41) is 3.42. The van der Waals surface area contributed by atoms with Crippen molar-refractivity contribution in [1.29, 1.82) is 0 Å². The third-order valence-corrected chi connectivity index (χ3v) is 3.40. The van der Waals surface area contributed by atoms with Crippen molar-refractivity contribution in [2.75, 3.05) is 32.8 Å². The summed E-state index contributed by atoms with van der Waals surface area (Å²) in [6, 6.07) is 0.680. The number of piperazine rings is 1. The molecular weight excluding hydrogens is 257 g/mol. The molecule has 0 aromatic rings. The van der Waals surface area contributed by atoms with Crippen molar-refractivity contribution < 1.29 is 17.9 Å². The van der Waals surface area contributed by atoms with Gasteiger partial charge in [-0.3, -0.25) is 4.90 Å². The smallest absolute Gasteiger partial charge is 0.371 e. The Hall–Kier alpha value is -0.330. The van der Waals surface area contributed by atoms with Crippen LogP contribution in [-0.4, -0.2) is 56.0 Å². The van der Waals surface area contributed by atoms with E-state index in [-0.39, 0.29) is 12.0 Å². The zero-order chi connectivity index (χ0) is 14.7. The van der Waals surface area contributed by atoms with Crippen molar-refractivity contribution in [3.63, 3.8) is 0 Å². The molecular formula is C13H25F3N2O. The number of hydrogen-bond donors (Lipinski definition) is 1. The maximum Gasteiger partial charge on any atom is 0.411 e. The fourth-order valence-corrected chi connectivity index (χ4v) is 2.46. The average molecular weight is 282 g/mol. The fraction of sp³-hybridized carbons (Fsp3) is 1.00. The van der Waals surface area contributed by atoms with E-state index in [1.807, 2.05) is 0 Å². The van der Waals surface area contributed by atoms with Gasteiger partial charge in [-0.25, -0.2) is 0 Å². The van der Waals surface area contributed by atoms with Gasteiger partial charge in [0.2, 0.25) is 0 Å². The van der Waals surface area contributed by atoms with E-state index in [4.69, 9.17) is 4.74 Å². The first kappa shape index (κ1) is 16.7. The zero-order valence-electron chi connectivity index (χ0n) is 12.2. The molecule has 0 aromatic heterocycles.